The second-order valence-electron chi connectivity index (χ2n) is 6.03. The number of rotatable bonds is 7. The van der Waals surface area contributed by atoms with Crippen molar-refractivity contribution in [2.75, 3.05) is 11.1 Å². The van der Waals surface area contributed by atoms with Gasteiger partial charge in [0.2, 0.25) is 5.91 Å². The molecule has 1 amide bonds. The zero-order valence-corrected chi connectivity index (χ0v) is 18.4. The van der Waals surface area contributed by atoms with Gasteiger partial charge in [-0.25, -0.2) is 0 Å². The SMILES string of the molecule is Cc1ccc(SCc2nnc(SCC(=O)Nc3ccc(Cl)c(Cl)c3)n2C)cc1. The van der Waals surface area contributed by atoms with E-state index in [0.29, 0.717) is 26.6 Å². The molecule has 1 N–H and O–H groups in total. The Kier molecular flexibility index (Phi) is 7.29. The molecule has 0 fully saturated rings. The molecule has 9 heteroatoms. The van der Waals surface area contributed by atoms with Crippen molar-refractivity contribution in [3.63, 3.8) is 0 Å². The summed E-state index contributed by atoms with van der Waals surface area (Å²) in [5.74, 6) is 1.64. The third kappa shape index (κ3) is 5.67. The normalized spacial score (nSPS) is 10.9. The summed E-state index contributed by atoms with van der Waals surface area (Å²) in [6.45, 7) is 2.07. The average Bonchev–Trinajstić information content (AvgIpc) is 3.02. The van der Waals surface area contributed by atoms with Crippen LogP contribution in [-0.4, -0.2) is 26.4 Å². The predicted molar refractivity (Wildman–Crippen MR) is 118 cm³/mol. The summed E-state index contributed by atoms with van der Waals surface area (Å²) >= 11 is 14.9. The van der Waals surface area contributed by atoms with Crippen LogP contribution in [0, 0.1) is 6.92 Å². The second kappa shape index (κ2) is 9.69. The van der Waals surface area contributed by atoms with Crippen LogP contribution in [0.2, 0.25) is 10.0 Å². The van der Waals surface area contributed by atoms with E-state index in [4.69, 9.17) is 23.2 Å². The fourth-order valence-electron chi connectivity index (χ4n) is 2.28. The smallest absolute Gasteiger partial charge is 0.234 e. The molecule has 0 unspecified atom stereocenters. The number of benzene rings is 2. The summed E-state index contributed by atoms with van der Waals surface area (Å²) in [6, 6.07) is 13.3. The summed E-state index contributed by atoms with van der Waals surface area (Å²) in [4.78, 5) is 13.4. The molecule has 2 aromatic carbocycles. The third-order valence-corrected chi connectivity index (χ3v) is 6.62. The number of amides is 1. The predicted octanol–water partition coefficient (Wildman–Crippen LogP) is 5.45. The first-order chi connectivity index (χ1) is 13.4. The zero-order chi connectivity index (χ0) is 20.1. The topological polar surface area (TPSA) is 59.8 Å². The standard InChI is InChI=1S/C19H18Cl2N4OS2/c1-12-3-6-14(7-4-12)27-10-17-23-24-19(25(17)2)28-11-18(26)22-13-5-8-15(20)16(21)9-13/h3-9H,10-11H2,1-2H3,(H,22,26). The van der Waals surface area contributed by atoms with Crippen molar-refractivity contribution >= 4 is 58.3 Å². The molecular weight excluding hydrogens is 435 g/mol. The van der Waals surface area contributed by atoms with E-state index in [-0.39, 0.29) is 11.7 Å². The summed E-state index contributed by atoms with van der Waals surface area (Å²) in [7, 11) is 1.91. The van der Waals surface area contributed by atoms with Gasteiger partial charge in [-0.15, -0.1) is 22.0 Å². The molecule has 1 aromatic heterocycles. The Morgan fingerprint density at radius 1 is 1.07 bits per heavy atom. The van der Waals surface area contributed by atoms with Gasteiger partial charge < -0.3 is 9.88 Å². The monoisotopic (exact) mass is 452 g/mol. The number of carbonyl (C=O) groups excluding carboxylic acids is 1. The fourth-order valence-corrected chi connectivity index (χ4v) is 4.18. The second-order valence-corrected chi connectivity index (χ2v) is 8.83. The lowest BCUT2D eigenvalue weighted by atomic mass is 10.2. The van der Waals surface area contributed by atoms with Crippen molar-refractivity contribution in [2.45, 2.75) is 22.7 Å². The molecule has 0 saturated heterocycles. The van der Waals surface area contributed by atoms with E-state index in [1.807, 2.05) is 11.6 Å². The molecule has 0 bridgehead atoms. The number of halogens is 2. The van der Waals surface area contributed by atoms with E-state index < -0.39 is 0 Å². The molecule has 0 atom stereocenters. The van der Waals surface area contributed by atoms with Gasteiger partial charge in [-0.05, 0) is 37.3 Å². The van der Waals surface area contributed by atoms with Crippen LogP contribution in [-0.2, 0) is 17.6 Å². The van der Waals surface area contributed by atoms with Crippen molar-refractivity contribution in [3.8, 4) is 0 Å². The Bertz CT molecular complexity index is 977. The van der Waals surface area contributed by atoms with Crippen molar-refractivity contribution in [2.24, 2.45) is 7.05 Å². The lowest BCUT2D eigenvalue weighted by Gasteiger charge is -2.07. The van der Waals surface area contributed by atoms with Crippen molar-refractivity contribution in [3.05, 3.63) is 63.9 Å². The lowest BCUT2D eigenvalue weighted by Crippen LogP contribution is -2.14. The minimum Gasteiger partial charge on any atom is -0.325 e. The van der Waals surface area contributed by atoms with Gasteiger partial charge >= 0.3 is 0 Å². The summed E-state index contributed by atoms with van der Waals surface area (Å²) in [5.41, 5.74) is 1.84. The molecule has 3 rings (SSSR count). The molecule has 3 aromatic rings. The molecular formula is C19H18Cl2N4OS2. The van der Waals surface area contributed by atoms with E-state index in [9.17, 15) is 4.79 Å². The van der Waals surface area contributed by atoms with Crippen molar-refractivity contribution in [1.29, 1.82) is 0 Å². The molecule has 0 saturated carbocycles. The van der Waals surface area contributed by atoms with Gasteiger partial charge in [0.1, 0.15) is 5.82 Å². The van der Waals surface area contributed by atoms with Crippen LogP contribution in [0.3, 0.4) is 0 Å². The molecule has 28 heavy (non-hydrogen) atoms. The highest BCUT2D eigenvalue weighted by molar-refractivity contribution is 7.99. The third-order valence-electron chi connectivity index (χ3n) is 3.85. The van der Waals surface area contributed by atoms with Gasteiger partial charge in [0.15, 0.2) is 5.16 Å². The first-order valence-electron chi connectivity index (χ1n) is 8.38. The Morgan fingerprint density at radius 2 is 1.82 bits per heavy atom. The lowest BCUT2D eigenvalue weighted by molar-refractivity contribution is -0.113. The highest BCUT2D eigenvalue weighted by atomic mass is 35.5. The molecule has 0 aliphatic rings. The highest BCUT2D eigenvalue weighted by Gasteiger charge is 2.12. The van der Waals surface area contributed by atoms with Crippen LogP contribution in [0.4, 0.5) is 5.69 Å². The molecule has 0 aliphatic carbocycles. The minimum absolute atomic E-state index is 0.151. The average molecular weight is 453 g/mol. The largest absolute Gasteiger partial charge is 0.325 e. The Morgan fingerprint density at radius 3 is 2.54 bits per heavy atom. The molecule has 5 nitrogen and oxygen atoms in total. The molecule has 1 heterocycles. The van der Waals surface area contributed by atoms with Crippen LogP contribution < -0.4 is 5.32 Å². The zero-order valence-electron chi connectivity index (χ0n) is 15.3. The first kappa shape index (κ1) is 21.0. The van der Waals surface area contributed by atoms with Crippen LogP contribution >= 0.6 is 46.7 Å². The molecule has 0 aliphatic heterocycles. The summed E-state index contributed by atoms with van der Waals surface area (Å²) < 4.78 is 1.91. The van der Waals surface area contributed by atoms with Crippen LogP contribution in [0.25, 0.3) is 0 Å². The number of nitrogens with zero attached hydrogens (tertiary/aromatic N) is 3. The number of carbonyl (C=O) groups is 1. The number of aromatic nitrogens is 3. The molecule has 0 spiro atoms. The maximum atomic E-state index is 12.2. The Labute approximate surface area is 182 Å². The maximum Gasteiger partial charge on any atom is 0.234 e. The van der Waals surface area contributed by atoms with E-state index in [1.54, 1.807) is 30.0 Å². The van der Waals surface area contributed by atoms with Crippen LogP contribution in [0.5, 0.6) is 0 Å². The van der Waals surface area contributed by atoms with Gasteiger partial charge in [-0.3, -0.25) is 4.79 Å². The van der Waals surface area contributed by atoms with Gasteiger partial charge in [0.25, 0.3) is 0 Å². The van der Waals surface area contributed by atoms with Crippen LogP contribution in [0.1, 0.15) is 11.4 Å². The summed E-state index contributed by atoms with van der Waals surface area (Å²) in [5, 5.41) is 12.8. The van der Waals surface area contributed by atoms with E-state index in [2.05, 4.69) is 46.7 Å². The molecule has 0 radical (unpaired) electrons. The van der Waals surface area contributed by atoms with E-state index in [1.165, 1.54) is 22.2 Å². The first-order valence-corrected chi connectivity index (χ1v) is 11.1. The highest BCUT2D eigenvalue weighted by Crippen LogP contribution is 2.26. The van der Waals surface area contributed by atoms with E-state index >= 15 is 0 Å². The number of nitrogens with one attached hydrogen (secondary N) is 1. The number of hydrogen-bond donors (Lipinski definition) is 1. The van der Waals surface area contributed by atoms with Crippen molar-refractivity contribution < 1.29 is 4.79 Å². The maximum absolute atomic E-state index is 12.2. The van der Waals surface area contributed by atoms with Gasteiger partial charge in [-0.2, -0.15) is 0 Å². The van der Waals surface area contributed by atoms with E-state index in [0.717, 1.165) is 5.82 Å². The Balaban J connectivity index is 1.52. The number of aryl methyl sites for hydroxylation is 1. The van der Waals surface area contributed by atoms with Gasteiger partial charge in [-0.1, -0.05) is 52.7 Å². The van der Waals surface area contributed by atoms with Gasteiger partial charge in [0.05, 0.1) is 21.6 Å². The van der Waals surface area contributed by atoms with Crippen molar-refractivity contribution in [1.82, 2.24) is 14.8 Å². The molecule has 146 valence electrons. The number of anilines is 1. The number of hydrogen-bond acceptors (Lipinski definition) is 5. The van der Waals surface area contributed by atoms with Crippen LogP contribution in [0.15, 0.2) is 52.5 Å². The van der Waals surface area contributed by atoms with Gasteiger partial charge in [0, 0.05) is 17.6 Å². The Hall–Kier alpha value is -1.67. The fraction of sp³-hybridized carbons (Fsp3) is 0.211. The number of thioether (sulfide) groups is 2. The minimum atomic E-state index is -0.151. The summed E-state index contributed by atoms with van der Waals surface area (Å²) in [6.07, 6.45) is 0. The quantitative estimate of drug-likeness (QED) is 0.482.